The molecule has 0 aromatic heterocycles. The highest BCUT2D eigenvalue weighted by Crippen LogP contribution is 2.11. The van der Waals surface area contributed by atoms with Gasteiger partial charge >= 0.3 is 0 Å². The Morgan fingerprint density at radius 3 is 2.31 bits per heavy atom. The summed E-state index contributed by atoms with van der Waals surface area (Å²) in [5.41, 5.74) is 0.147. The Morgan fingerprint density at radius 1 is 1.15 bits per heavy atom. The monoisotopic (exact) mass is 205 g/mol. The van der Waals surface area contributed by atoms with Crippen molar-refractivity contribution in [1.29, 1.82) is 0 Å². The Balaban J connectivity index is 3.39. The van der Waals surface area contributed by atoms with Gasteiger partial charge in [-0.25, -0.2) is 0 Å². The molecule has 0 aromatic rings. The number of halogens is 1. The van der Waals surface area contributed by atoms with Crippen LogP contribution in [-0.4, -0.2) is 18.0 Å². The van der Waals surface area contributed by atoms with Crippen molar-refractivity contribution in [2.75, 3.05) is 12.4 Å². The van der Waals surface area contributed by atoms with E-state index in [9.17, 15) is 0 Å². The summed E-state index contributed by atoms with van der Waals surface area (Å²) in [6.45, 7) is 7.72. The van der Waals surface area contributed by atoms with Crippen LogP contribution in [0.15, 0.2) is 0 Å². The summed E-state index contributed by atoms with van der Waals surface area (Å²) in [6, 6.07) is 0. The van der Waals surface area contributed by atoms with Gasteiger partial charge in [-0.2, -0.15) is 0 Å². The first-order valence-electron chi connectivity index (χ1n) is 5.49. The smallest absolute Gasteiger partial charge is 0.0403 e. The third-order valence-electron chi connectivity index (χ3n) is 2.66. The SMILES string of the molecule is CCCCCCNC(C)(CC)CCl. The number of hydrogen-bond acceptors (Lipinski definition) is 1. The molecule has 0 aliphatic rings. The predicted octanol–water partition coefficient (Wildman–Crippen LogP) is 3.56. The predicted molar refractivity (Wildman–Crippen MR) is 61.6 cm³/mol. The van der Waals surface area contributed by atoms with Gasteiger partial charge in [-0.1, -0.05) is 33.1 Å². The first-order valence-corrected chi connectivity index (χ1v) is 6.03. The molecule has 0 radical (unpaired) electrons. The van der Waals surface area contributed by atoms with Gasteiger partial charge in [-0.05, 0) is 26.3 Å². The summed E-state index contributed by atoms with van der Waals surface area (Å²) >= 11 is 5.89. The molecule has 0 aliphatic heterocycles. The zero-order valence-corrected chi connectivity index (χ0v) is 10.1. The molecule has 13 heavy (non-hydrogen) atoms. The van der Waals surface area contributed by atoms with Gasteiger partial charge < -0.3 is 5.32 Å². The molecule has 0 saturated heterocycles. The van der Waals surface area contributed by atoms with Crippen LogP contribution in [0.5, 0.6) is 0 Å². The van der Waals surface area contributed by atoms with Crippen LogP contribution in [0.4, 0.5) is 0 Å². The molecular weight excluding hydrogens is 182 g/mol. The molecule has 1 unspecified atom stereocenters. The van der Waals surface area contributed by atoms with Gasteiger partial charge in [-0.3, -0.25) is 0 Å². The number of hydrogen-bond donors (Lipinski definition) is 1. The average molecular weight is 206 g/mol. The maximum Gasteiger partial charge on any atom is 0.0403 e. The summed E-state index contributed by atoms with van der Waals surface area (Å²) in [7, 11) is 0. The molecule has 0 saturated carbocycles. The summed E-state index contributed by atoms with van der Waals surface area (Å²) in [5.74, 6) is 0.706. The molecule has 0 aliphatic carbocycles. The lowest BCUT2D eigenvalue weighted by Gasteiger charge is -2.27. The summed E-state index contributed by atoms with van der Waals surface area (Å²) in [5, 5.41) is 3.52. The molecule has 0 aromatic carbocycles. The van der Waals surface area contributed by atoms with Crippen molar-refractivity contribution in [2.24, 2.45) is 0 Å². The van der Waals surface area contributed by atoms with Crippen molar-refractivity contribution in [3.8, 4) is 0 Å². The average Bonchev–Trinajstić information content (AvgIpc) is 2.17. The zero-order valence-electron chi connectivity index (χ0n) is 9.33. The summed E-state index contributed by atoms with van der Waals surface area (Å²) in [6.07, 6.45) is 6.38. The van der Waals surface area contributed by atoms with Gasteiger partial charge in [-0.15, -0.1) is 11.6 Å². The molecule has 0 heterocycles. The maximum atomic E-state index is 5.89. The van der Waals surface area contributed by atoms with E-state index in [1.165, 1.54) is 25.7 Å². The van der Waals surface area contributed by atoms with Gasteiger partial charge in [0.1, 0.15) is 0 Å². The Bertz CT molecular complexity index is 111. The Morgan fingerprint density at radius 2 is 1.85 bits per heavy atom. The fourth-order valence-corrected chi connectivity index (χ4v) is 1.49. The van der Waals surface area contributed by atoms with Crippen LogP contribution in [0.25, 0.3) is 0 Å². The number of alkyl halides is 1. The first kappa shape index (κ1) is 13.2. The molecule has 80 valence electrons. The van der Waals surface area contributed by atoms with Crippen molar-refractivity contribution in [1.82, 2.24) is 5.32 Å². The van der Waals surface area contributed by atoms with Crippen LogP contribution in [0.2, 0.25) is 0 Å². The van der Waals surface area contributed by atoms with Crippen molar-refractivity contribution < 1.29 is 0 Å². The molecule has 0 bridgehead atoms. The second kappa shape index (κ2) is 7.64. The second-order valence-electron chi connectivity index (χ2n) is 4.04. The van der Waals surface area contributed by atoms with E-state index in [1.54, 1.807) is 0 Å². The summed E-state index contributed by atoms with van der Waals surface area (Å²) < 4.78 is 0. The standard InChI is InChI=1S/C11H24ClN/c1-4-6-7-8-9-13-11(3,5-2)10-12/h13H,4-10H2,1-3H3. The fourth-order valence-electron chi connectivity index (χ4n) is 1.21. The highest BCUT2D eigenvalue weighted by Gasteiger charge is 2.18. The van der Waals surface area contributed by atoms with Gasteiger partial charge in [0.05, 0.1) is 0 Å². The minimum absolute atomic E-state index is 0.147. The van der Waals surface area contributed by atoms with E-state index >= 15 is 0 Å². The molecule has 1 N–H and O–H groups in total. The molecule has 1 atom stereocenters. The number of rotatable bonds is 8. The third-order valence-corrected chi connectivity index (χ3v) is 3.25. The zero-order chi connectivity index (χ0) is 10.2. The first-order chi connectivity index (χ1) is 6.18. The van der Waals surface area contributed by atoms with Crippen molar-refractivity contribution in [3.63, 3.8) is 0 Å². The third kappa shape index (κ3) is 6.34. The molecule has 0 fully saturated rings. The maximum absolute atomic E-state index is 5.89. The van der Waals surface area contributed by atoms with Gasteiger partial charge in [0, 0.05) is 11.4 Å². The van der Waals surface area contributed by atoms with Gasteiger partial charge in [0.2, 0.25) is 0 Å². The van der Waals surface area contributed by atoms with Crippen LogP contribution in [-0.2, 0) is 0 Å². The fraction of sp³-hybridized carbons (Fsp3) is 1.00. The molecule has 0 spiro atoms. The van der Waals surface area contributed by atoms with Crippen molar-refractivity contribution in [2.45, 2.75) is 58.4 Å². The lowest BCUT2D eigenvalue weighted by molar-refractivity contribution is 0.376. The Kier molecular flexibility index (Phi) is 7.78. The molecule has 2 heteroatoms. The van der Waals surface area contributed by atoms with Crippen LogP contribution in [0, 0.1) is 0 Å². The lowest BCUT2D eigenvalue weighted by atomic mass is 10.0. The Hall–Kier alpha value is 0.250. The highest BCUT2D eigenvalue weighted by atomic mass is 35.5. The van der Waals surface area contributed by atoms with Crippen molar-refractivity contribution in [3.05, 3.63) is 0 Å². The quantitative estimate of drug-likeness (QED) is 0.472. The van der Waals surface area contributed by atoms with Gasteiger partial charge in [0.25, 0.3) is 0 Å². The van der Waals surface area contributed by atoms with E-state index in [0.29, 0.717) is 5.88 Å². The van der Waals surface area contributed by atoms with Crippen molar-refractivity contribution >= 4 is 11.6 Å². The lowest BCUT2D eigenvalue weighted by Crippen LogP contribution is -2.43. The normalized spacial score (nSPS) is 15.7. The van der Waals surface area contributed by atoms with E-state index in [0.717, 1.165) is 13.0 Å². The topological polar surface area (TPSA) is 12.0 Å². The minimum Gasteiger partial charge on any atom is -0.310 e. The van der Waals surface area contributed by atoms with Gasteiger partial charge in [0.15, 0.2) is 0 Å². The largest absolute Gasteiger partial charge is 0.310 e. The molecule has 0 amide bonds. The second-order valence-corrected chi connectivity index (χ2v) is 4.30. The number of nitrogens with one attached hydrogen (secondary N) is 1. The van der Waals surface area contributed by atoms with Crippen LogP contribution in [0.3, 0.4) is 0 Å². The molecule has 1 nitrogen and oxygen atoms in total. The van der Waals surface area contributed by atoms with Crippen LogP contribution >= 0.6 is 11.6 Å². The van der Waals surface area contributed by atoms with E-state index in [1.807, 2.05) is 0 Å². The van der Waals surface area contributed by atoms with E-state index in [2.05, 4.69) is 26.1 Å². The summed E-state index contributed by atoms with van der Waals surface area (Å²) in [4.78, 5) is 0. The minimum atomic E-state index is 0.147. The van der Waals surface area contributed by atoms with Crippen LogP contribution in [0.1, 0.15) is 52.9 Å². The molecule has 0 rings (SSSR count). The highest BCUT2D eigenvalue weighted by molar-refractivity contribution is 6.18. The van der Waals surface area contributed by atoms with E-state index < -0.39 is 0 Å². The number of unbranched alkanes of at least 4 members (excludes halogenated alkanes) is 3. The molecular formula is C11H24ClN. The van der Waals surface area contributed by atoms with E-state index in [-0.39, 0.29) is 5.54 Å². The van der Waals surface area contributed by atoms with E-state index in [4.69, 9.17) is 11.6 Å². The Labute approximate surface area is 88.2 Å². The van der Waals surface area contributed by atoms with Crippen LogP contribution < -0.4 is 5.32 Å².